The summed E-state index contributed by atoms with van der Waals surface area (Å²) >= 11 is 0. The highest BCUT2D eigenvalue weighted by Gasteiger charge is 2.25. The summed E-state index contributed by atoms with van der Waals surface area (Å²) in [6.07, 6.45) is 0. The van der Waals surface area contributed by atoms with E-state index in [9.17, 15) is 9.59 Å². The highest BCUT2D eigenvalue weighted by atomic mass is 16.5. The second-order valence-corrected chi connectivity index (χ2v) is 5.56. The third-order valence-electron chi connectivity index (χ3n) is 3.02. The van der Waals surface area contributed by atoms with E-state index in [0.29, 0.717) is 11.3 Å². The summed E-state index contributed by atoms with van der Waals surface area (Å²) < 4.78 is 5.17. The van der Waals surface area contributed by atoms with Gasteiger partial charge in [-0.3, -0.25) is 9.59 Å². The van der Waals surface area contributed by atoms with Crippen LogP contribution in [0.5, 0.6) is 5.75 Å². The van der Waals surface area contributed by atoms with Gasteiger partial charge in [0.15, 0.2) is 0 Å². The fourth-order valence-electron chi connectivity index (χ4n) is 1.96. The zero-order valence-corrected chi connectivity index (χ0v) is 13.3. The molecule has 21 heavy (non-hydrogen) atoms. The summed E-state index contributed by atoms with van der Waals surface area (Å²) in [6, 6.07) is 6.39. The predicted octanol–water partition coefficient (Wildman–Crippen LogP) is 1.97. The lowest BCUT2D eigenvalue weighted by Gasteiger charge is -2.23. The Balaban J connectivity index is 2.89. The van der Waals surface area contributed by atoms with Crippen LogP contribution in [-0.4, -0.2) is 31.0 Å². The van der Waals surface area contributed by atoms with Crippen LogP contribution in [0.4, 0.5) is 0 Å². The maximum Gasteiger partial charge on any atom is 0.255 e. The molecule has 0 bridgehead atoms. The van der Waals surface area contributed by atoms with E-state index in [2.05, 4.69) is 10.6 Å². The molecule has 0 saturated carbocycles. The molecule has 1 rings (SSSR count). The number of methoxy groups -OCH3 is 1. The highest BCUT2D eigenvalue weighted by Crippen LogP contribution is 2.17. The van der Waals surface area contributed by atoms with E-state index in [0.717, 1.165) is 0 Å². The van der Waals surface area contributed by atoms with Crippen LogP contribution in [0.2, 0.25) is 0 Å². The molecule has 1 atom stereocenters. The van der Waals surface area contributed by atoms with E-state index < -0.39 is 6.04 Å². The van der Waals surface area contributed by atoms with Crippen LogP contribution < -0.4 is 15.4 Å². The molecule has 0 aromatic heterocycles. The largest absolute Gasteiger partial charge is 0.496 e. The number of ether oxygens (including phenoxy) is 1. The number of amides is 2. The molecule has 2 N–H and O–H groups in total. The van der Waals surface area contributed by atoms with Gasteiger partial charge in [-0.05, 0) is 31.9 Å². The van der Waals surface area contributed by atoms with Crippen molar-refractivity contribution in [3.63, 3.8) is 0 Å². The van der Waals surface area contributed by atoms with Crippen molar-refractivity contribution in [2.45, 2.75) is 39.8 Å². The van der Waals surface area contributed by atoms with Crippen molar-refractivity contribution < 1.29 is 14.3 Å². The van der Waals surface area contributed by atoms with E-state index in [-0.39, 0.29) is 23.8 Å². The summed E-state index contributed by atoms with van der Waals surface area (Å²) in [6.45, 7) is 7.56. The quantitative estimate of drug-likeness (QED) is 0.842. The molecule has 0 saturated heterocycles. The lowest BCUT2D eigenvalue weighted by atomic mass is 10.0. The number of hydrogen-bond donors (Lipinski definition) is 2. The van der Waals surface area contributed by atoms with Crippen molar-refractivity contribution in [1.29, 1.82) is 0 Å². The summed E-state index contributed by atoms with van der Waals surface area (Å²) in [5.41, 5.74) is 0.419. The first-order valence-corrected chi connectivity index (χ1v) is 7.11. The van der Waals surface area contributed by atoms with Gasteiger partial charge < -0.3 is 15.4 Å². The maximum absolute atomic E-state index is 12.4. The van der Waals surface area contributed by atoms with Crippen LogP contribution >= 0.6 is 0 Å². The molecule has 0 aliphatic rings. The van der Waals surface area contributed by atoms with Gasteiger partial charge in [-0.25, -0.2) is 0 Å². The zero-order chi connectivity index (χ0) is 16.0. The number of hydrogen-bond acceptors (Lipinski definition) is 3. The third kappa shape index (κ3) is 4.77. The Bertz CT molecular complexity index is 498. The number of benzene rings is 1. The lowest BCUT2D eigenvalue weighted by molar-refractivity contribution is -0.124. The molecule has 1 aromatic carbocycles. The fourth-order valence-corrected chi connectivity index (χ4v) is 1.96. The number of nitrogens with one attached hydrogen (secondary N) is 2. The SMILES string of the molecule is COc1ccccc1C(=O)N[C@H](C(=O)NC(C)C)C(C)C. The Labute approximate surface area is 126 Å². The summed E-state index contributed by atoms with van der Waals surface area (Å²) in [5, 5.41) is 5.61. The summed E-state index contributed by atoms with van der Waals surface area (Å²) in [5.74, 6) is -0.0162. The summed E-state index contributed by atoms with van der Waals surface area (Å²) in [7, 11) is 1.51. The van der Waals surface area contributed by atoms with Crippen molar-refractivity contribution in [3.05, 3.63) is 29.8 Å². The Morgan fingerprint density at radius 2 is 1.67 bits per heavy atom. The van der Waals surface area contributed by atoms with Gasteiger partial charge >= 0.3 is 0 Å². The Hall–Kier alpha value is -2.04. The number of rotatable bonds is 6. The van der Waals surface area contributed by atoms with Crippen molar-refractivity contribution in [1.82, 2.24) is 10.6 Å². The first-order valence-electron chi connectivity index (χ1n) is 7.11. The zero-order valence-electron chi connectivity index (χ0n) is 13.3. The molecule has 5 nitrogen and oxygen atoms in total. The topological polar surface area (TPSA) is 67.4 Å². The fraction of sp³-hybridized carbons (Fsp3) is 0.500. The normalized spacial score (nSPS) is 12.1. The number of carbonyl (C=O) groups is 2. The summed E-state index contributed by atoms with van der Waals surface area (Å²) in [4.78, 5) is 24.5. The van der Waals surface area contributed by atoms with Gasteiger partial charge in [-0.1, -0.05) is 26.0 Å². The second kappa shape index (κ2) is 7.67. The van der Waals surface area contributed by atoms with Crippen LogP contribution in [0, 0.1) is 5.92 Å². The molecule has 0 aliphatic heterocycles. The van der Waals surface area contributed by atoms with Crippen LogP contribution in [0.3, 0.4) is 0 Å². The molecule has 0 spiro atoms. The van der Waals surface area contributed by atoms with Crippen molar-refractivity contribution >= 4 is 11.8 Å². The van der Waals surface area contributed by atoms with Crippen molar-refractivity contribution in [2.24, 2.45) is 5.92 Å². The molecule has 2 amide bonds. The van der Waals surface area contributed by atoms with E-state index >= 15 is 0 Å². The van der Waals surface area contributed by atoms with Gasteiger partial charge in [0.1, 0.15) is 11.8 Å². The minimum atomic E-state index is -0.579. The molecule has 116 valence electrons. The second-order valence-electron chi connectivity index (χ2n) is 5.56. The molecule has 5 heteroatoms. The van der Waals surface area contributed by atoms with Gasteiger partial charge in [0.05, 0.1) is 12.7 Å². The first-order chi connectivity index (χ1) is 9.86. The standard InChI is InChI=1S/C16H24N2O3/c1-10(2)14(16(20)17-11(3)4)18-15(19)12-8-6-7-9-13(12)21-5/h6-11,14H,1-5H3,(H,17,20)(H,18,19)/t14-/m0/s1. The van der Waals surface area contributed by atoms with Gasteiger partial charge in [-0.15, -0.1) is 0 Å². The molecule has 0 fully saturated rings. The maximum atomic E-state index is 12.4. The van der Waals surface area contributed by atoms with Gasteiger partial charge in [0.2, 0.25) is 5.91 Å². The molecular weight excluding hydrogens is 268 g/mol. The molecule has 0 radical (unpaired) electrons. The highest BCUT2D eigenvalue weighted by molar-refractivity contribution is 5.99. The van der Waals surface area contributed by atoms with E-state index in [4.69, 9.17) is 4.74 Å². The molecule has 0 aliphatic carbocycles. The number of carbonyl (C=O) groups excluding carboxylic acids is 2. The monoisotopic (exact) mass is 292 g/mol. The first kappa shape index (κ1) is 17.0. The van der Waals surface area contributed by atoms with Crippen LogP contribution in [-0.2, 0) is 4.79 Å². The van der Waals surface area contributed by atoms with Crippen LogP contribution in [0.1, 0.15) is 38.1 Å². The Morgan fingerprint density at radius 3 is 2.19 bits per heavy atom. The van der Waals surface area contributed by atoms with Gasteiger partial charge in [0, 0.05) is 6.04 Å². The van der Waals surface area contributed by atoms with Gasteiger partial charge in [-0.2, -0.15) is 0 Å². The average Bonchev–Trinajstić information content (AvgIpc) is 2.43. The van der Waals surface area contributed by atoms with Crippen LogP contribution in [0.15, 0.2) is 24.3 Å². The molecule has 0 unspecified atom stereocenters. The molecule has 1 aromatic rings. The van der Waals surface area contributed by atoms with Crippen molar-refractivity contribution in [3.8, 4) is 5.75 Å². The van der Waals surface area contributed by atoms with E-state index in [1.54, 1.807) is 24.3 Å². The van der Waals surface area contributed by atoms with Crippen molar-refractivity contribution in [2.75, 3.05) is 7.11 Å². The average molecular weight is 292 g/mol. The predicted molar refractivity (Wildman–Crippen MR) is 82.4 cm³/mol. The molecular formula is C16H24N2O3. The minimum absolute atomic E-state index is 0.0117. The smallest absolute Gasteiger partial charge is 0.255 e. The molecule has 0 heterocycles. The minimum Gasteiger partial charge on any atom is -0.496 e. The van der Waals surface area contributed by atoms with Crippen LogP contribution in [0.25, 0.3) is 0 Å². The number of para-hydroxylation sites is 1. The lowest BCUT2D eigenvalue weighted by Crippen LogP contribution is -2.51. The van der Waals surface area contributed by atoms with E-state index in [1.165, 1.54) is 7.11 Å². The van der Waals surface area contributed by atoms with E-state index in [1.807, 2.05) is 27.7 Å². The Kier molecular flexibility index (Phi) is 6.21. The third-order valence-corrected chi connectivity index (χ3v) is 3.02. The van der Waals surface area contributed by atoms with Gasteiger partial charge in [0.25, 0.3) is 5.91 Å². The Morgan fingerprint density at radius 1 is 1.05 bits per heavy atom.